The minimum Gasteiger partial charge on any atom is -0.486 e. The van der Waals surface area contributed by atoms with Gasteiger partial charge in [-0.1, -0.05) is 22.0 Å². The zero-order valence-electron chi connectivity index (χ0n) is 17.4. The zero-order chi connectivity index (χ0) is 21.7. The molecule has 0 atom stereocenters. The van der Waals surface area contributed by atoms with Crippen LogP contribution >= 0.6 is 15.9 Å². The summed E-state index contributed by atoms with van der Waals surface area (Å²) < 4.78 is 17.6. The molecule has 2 amide bonds. The van der Waals surface area contributed by atoms with Crippen LogP contribution < -0.4 is 10.1 Å². The molecule has 1 aliphatic rings. The van der Waals surface area contributed by atoms with E-state index in [9.17, 15) is 9.59 Å². The maximum Gasteiger partial charge on any atom is 0.410 e. The number of ether oxygens (including phenoxy) is 2. The first-order valence-corrected chi connectivity index (χ1v) is 10.7. The quantitative estimate of drug-likeness (QED) is 0.670. The Labute approximate surface area is 184 Å². The fourth-order valence-electron chi connectivity index (χ4n) is 3.08. The molecule has 1 aliphatic heterocycles. The number of rotatable bonds is 5. The molecule has 1 N–H and O–H groups in total. The van der Waals surface area contributed by atoms with Gasteiger partial charge in [0.15, 0.2) is 5.76 Å². The van der Waals surface area contributed by atoms with Crippen LogP contribution in [0.5, 0.6) is 5.75 Å². The Morgan fingerprint density at radius 2 is 1.93 bits per heavy atom. The van der Waals surface area contributed by atoms with Crippen LogP contribution in [0.4, 0.5) is 4.79 Å². The Morgan fingerprint density at radius 1 is 1.20 bits per heavy atom. The van der Waals surface area contributed by atoms with Gasteiger partial charge in [0.25, 0.3) is 5.91 Å². The highest BCUT2D eigenvalue weighted by Crippen LogP contribution is 2.20. The van der Waals surface area contributed by atoms with Crippen LogP contribution in [-0.4, -0.2) is 41.6 Å². The first-order valence-electron chi connectivity index (χ1n) is 9.95. The van der Waals surface area contributed by atoms with Crippen molar-refractivity contribution >= 4 is 27.9 Å². The van der Waals surface area contributed by atoms with Gasteiger partial charge in [-0.15, -0.1) is 0 Å². The molecule has 1 aromatic carbocycles. The van der Waals surface area contributed by atoms with Crippen LogP contribution in [0.2, 0.25) is 0 Å². The number of carbonyl (C=O) groups excluding carboxylic acids is 2. The molecule has 0 radical (unpaired) electrons. The van der Waals surface area contributed by atoms with E-state index in [0.29, 0.717) is 37.4 Å². The molecule has 7 nitrogen and oxygen atoms in total. The Bertz CT molecular complexity index is 882. The van der Waals surface area contributed by atoms with Crippen molar-refractivity contribution in [1.82, 2.24) is 10.2 Å². The van der Waals surface area contributed by atoms with Crippen molar-refractivity contribution in [2.24, 2.45) is 0 Å². The molecule has 0 aliphatic carbocycles. The fourth-order valence-corrected chi connectivity index (χ4v) is 3.46. The first-order chi connectivity index (χ1) is 14.2. The van der Waals surface area contributed by atoms with E-state index in [0.717, 1.165) is 4.47 Å². The Morgan fingerprint density at radius 3 is 2.60 bits per heavy atom. The zero-order valence-corrected chi connectivity index (χ0v) is 19.0. The second kappa shape index (κ2) is 9.55. The van der Waals surface area contributed by atoms with Crippen LogP contribution in [0.1, 0.15) is 49.9 Å². The molecule has 1 aromatic heterocycles. The third kappa shape index (κ3) is 6.52. The third-order valence-corrected chi connectivity index (χ3v) is 5.04. The van der Waals surface area contributed by atoms with E-state index in [-0.39, 0.29) is 30.4 Å². The van der Waals surface area contributed by atoms with Gasteiger partial charge in [-0.05, 0) is 63.9 Å². The standard InChI is InChI=1S/C22H27BrN2O5/c1-22(2,3)30-21(27)25-11-9-16(10-12-25)24-20(26)19-8-7-18(29-19)14-28-17-6-4-5-15(23)13-17/h4-8,13,16H,9-12,14H2,1-3H3,(H,24,26). The van der Waals surface area contributed by atoms with E-state index in [1.54, 1.807) is 17.0 Å². The van der Waals surface area contributed by atoms with Crippen molar-refractivity contribution in [3.8, 4) is 5.75 Å². The molecule has 162 valence electrons. The van der Waals surface area contributed by atoms with Gasteiger partial charge in [-0.25, -0.2) is 4.79 Å². The molecule has 0 spiro atoms. The number of benzene rings is 1. The van der Waals surface area contributed by atoms with Crippen molar-refractivity contribution in [3.63, 3.8) is 0 Å². The lowest BCUT2D eigenvalue weighted by Crippen LogP contribution is -2.47. The van der Waals surface area contributed by atoms with Gasteiger partial charge in [0.05, 0.1) is 0 Å². The Balaban J connectivity index is 1.45. The minimum atomic E-state index is -0.514. The number of hydrogen-bond acceptors (Lipinski definition) is 5. The second-order valence-electron chi connectivity index (χ2n) is 8.23. The van der Waals surface area contributed by atoms with Gasteiger partial charge in [-0.3, -0.25) is 4.79 Å². The van der Waals surface area contributed by atoms with Gasteiger partial charge in [0, 0.05) is 23.6 Å². The van der Waals surface area contributed by atoms with Crippen LogP contribution in [0.3, 0.4) is 0 Å². The highest BCUT2D eigenvalue weighted by atomic mass is 79.9. The largest absolute Gasteiger partial charge is 0.486 e. The van der Waals surface area contributed by atoms with Crippen molar-refractivity contribution in [2.45, 2.75) is 51.9 Å². The first kappa shape index (κ1) is 22.2. The van der Waals surface area contributed by atoms with Gasteiger partial charge in [0.2, 0.25) is 0 Å². The van der Waals surface area contributed by atoms with Crippen molar-refractivity contribution in [2.75, 3.05) is 13.1 Å². The molecular weight excluding hydrogens is 452 g/mol. The lowest BCUT2D eigenvalue weighted by Gasteiger charge is -2.33. The fraction of sp³-hybridized carbons (Fsp3) is 0.455. The average molecular weight is 479 g/mol. The maximum absolute atomic E-state index is 12.5. The Hall–Kier alpha value is -2.48. The second-order valence-corrected chi connectivity index (χ2v) is 9.14. The summed E-state index contributed by atoms with van der Waals surface area (Å²) >= 11 is 3.40. The van der Waals surface area contributed by atoms with E-state index >= 15 is 0 Å². The van der Waals surface area contributed by atoms with Gasteiger partial charge >= 0.3 is 6.09 Å². The molecule has 1 fully saturated rings. The van der Waals surface area contributed by atoms with E-state index in [1.807, 2.05) is 45.0 Å². The molecule has 1 saturated heterocycles. The third-order valence-electron chi connectivity index (χ3n) is 4.54. The van der Waals surface area contributed by atoms with Gasteiger partial charge < -0.3 is 24.1 Å². The lowest BCUT2D eigenvalue weighted by atomic mass is 10.1. The molecule has 0 saturated carbocycles. The van der Waals surface area contributed by atoms with E-state index in [1.165, 1.54) is 0 Å². The minimum absolute atomic E-state index is 0.0114. The molecule has 3 rings (SSSR count). The number of halogens is 1. The molecule has 0 unspecified atom stereocenters. The number of nitrogens with zero attached hydrogens (tertiary/aromatic N) is 1. The van der Waals surface area contributed by atoms with Crippen molar-refractivity contribution < 1.29 is 23.5 Å². The predicted molar refractivity (Wildman–Crippen MR) is 115 cm³/mol. The highest BCUT2D eigenvalue weighted by molar-refractivity contribution is 9.10. The summed E-state index contributed by atoms with van der Waals surface area (Å²) in [5, 5.41) is 2.98. The summed E-state index contributed by atoms with van der Waals surface area (Å²) in [6.45, 7) is 6.86. The number of amides is 2. The smallest absolute Gasteiger partial charge is 0.410 e. The topological polar surface area (TPSA) is 81.0 Å². The summed E-state index contributed by atoms with van der Waals surface area (Å²) in [4.78, 5) is 26.3. The SMILES string of the molecule is CC(C)(C)OC(=O)N1CCC(NC(=O)c2ccc(COc3cccc(Br)c3)o2)CC1. The molecule has 2 heterocycles. The number of likely N-dealkylation sites (tertiary alicyclic amines) is 1. The number of piperidine rings is 1. The normalized spacial score (nSPS) is 15.0. The highest BCUT2D eigenvalue weighted by Gasteiger charge is 2.28. The van der Waals surface area contributed by atoms with Crippen LogP contribution in [0.15, 0.2) is 45.3 Å². The molecule has 30 heavy (non-hydrogen) atoms. The van der Waals surface area contributed by atoms with Gasteiger partial charge in [0.1, 0.15) is 23.7 Å². The number of hydrogen-bond donors (Lipinski definition) is 1. The van der Waals surface area contributed by atoms with Crippen LogP contribution in [-0.2, 0) is 11.3 Å². The van der Waals surface area contributed by atoms with E-state index < -0.39 is 5.60 Å². The summed E-state index contributed by atoms with van der Waals surface area (Å²) in [6.07, 6.45) is 1.03. The number of carbonyl (C=O) groups is 2. The molecular formula is C22H27BrN2O5. The molecule has 2 aromatic rings. The summed E-state index contributed by atoms with van der Waals surface area (Å²) in [6, 6.07) is 10.9. The Kier molecular flexibility index (Phi) is 7.07. The van der Waals surface area contributed by atoms with Gasteiger partial charge in [-0.2, -0.15) is 0 Å². The number of furan rings is 1. The monoisotopic (exact) mass is 478 g/mol. The summed E-state index contributed by atoms with van der Waals surface area (Å²) in [5.74, 6) is 1.26. The molecule has 0 bridgehead atoms. The average Bonchev–Trinajstić information content (AvgIpc) is 3.15. The lowest BCUT2D eigenvalue weighted by molar-refractivity contribution is 0.0199. The summed E-state index contributed by atoms with van der Waals surface area (Å²) in [5.41, 5.74) is -0.514. The maximum atomic E-state index is 12.5. The van der Waals surface area contributed by atoms with E-state index in [2.05, 4.69) is 21.2 Å². The molecule has 8 heteroatoms. The van der Waals surface area contributed by atoms with E-state index in [4.69, 9.17) is 13.9 Å². The predicted octanol–water partition coefficient (Wildman–Crippen LogP) is 4.75. The van der Waals surface area contributed by atoms with Crippen LogP contribution in [0.25, 0.3) is 0 Å². The number of nitrogens with one attached hydrogen (secondary N) is 1. The summed E-state index contributed by atoms with van der Waals surface area (Å²) in [7, 11) is 0. The van der Waals surface area contributed by atoms with Crippen LogP contribution in [0, 0.1) is 0 Å². The van der Waals surface area contributed by atoms with Crippen molar-refractivity contribution in [3.05, 3.63) is 52.4 Å². The van der Waals surface area contributed by atoms with Crippen molar-refractivity contribution in [1.29, 1.82) is 0 Å².